The molecule has 0 aliphatic carbocycles. The fraction of sp³-hybridized carbons (Fsp3) is 0.875. The summed E-state index contributed by atoms with van der Waals surface area (Å²) < 4.78 is 5.02. The number of esters is 1. The van der Waals surface area contributed by atoms with E-state index in [1.807, 2.05) is 13.8 Å². The SMILES string of the molecule is CCC1OC(=O)CC(O)C1C. The largest absolute Gasteiger partial charge is 0.462 e. The highest BCUT2D eigenvalue weighted by Gasteiger charge is 2.33. The van der Waals surface area contributed by atoms with Crippen molar-refractivity contribution in [3.8, 4) is 0 Å². The number of aliphatic hydroxyl groups is 1. The number of hydrogen-bond donors (Lipinski definition) is 1. The Balaban J connectivity index is 2.58. The van der Waals surface area contributed by atoms with Crippen LogP contribution in [0, 0.1) is 5.92 Å². The molecule has 0 spiro atoms. The van der Waals surface area contributed by atoms with Crippen LogP contribution in [0.1, 0.15) is 26.7 Å². The molecule has 1 fully saturated rings. The standard InChI is InChI=1S/C8H14O3/c1-3-7-5(2)6(9)4-8(10)11-7/h5-7,9H,3-4H2,1-2H3. The van der Waals surface area contributed by atoms with Crippen molar-refractivity contribution in [3.63, 3.8) is 0 Å². The zero-order valence-electron chi connectivity index (χ0n) is 6.91. The number of carbonyl (C=O) groups is 1. The first-order valence-corrected chi connectivity index (χ1v) is 4.02. The van der Waals surface area contributed by atoms with Crippen LogP contribution in [0.4, 0.5) is 0 Å². The van der Waals surface area contributed by atoms with Crippen molar-refractivity contribution in [1.82, 2.24) is 0 Å². The van der Waals surface area contributed by atoms with Crippen molar-refractivity contribution < 1.29 is 14.6 Å². The first kappa shape index (κ1) is 8.53. The summed E-state index contributed by atoms with van der Waals surface area (Å²) in [6.45, 7) is 3.86. The average Bonchev–Trinajstić information content (AvgIpc) is 1.96. The van der Waals surface area contributed by atoms with E-state index >= 15 is 0 Å². The lowest BCUT2D eigenvalue weighted by Gasteiger charge is -2.31. The third kappa shape index (κ3) is 1.71. The van der Waals surface area contributed by atoms with Gasteiger partial charge in [-0.2, -0.15) is 0 Å². The molecule has 11 heavy (non-hydrogen) atoms. The second-order valence-corrected chi connectivity index (χ2v) is 3.07. The van der Waals surface area contributed by atoms with Crippen LogP contribution in [0.5, 0.6) is 0 Å². The van der Waals surface area contributed by atoms with Crippen LogP contribution < -0.4 is 0 Å². The molecule has 3 heteroatoms. The van der Waals surface area contributed by atoms with Crippen LogP contribution in [-0.4, -0.2) is 23.3 Å². The maximum Gasteiger partial charge on any atom is 0.308 e. The summed E-state index contributed by atoms with van der Waals surface area (Å²) in [5.41, 5.74) is 0. The van der Waals surface area contributed by atoms with Gasteiger partial charge in [-0.25, -0.2) is 0 Å². The van der Waals surface area contributed by atoms with Crippen molar-refractivity contribution >= 4 is 5.97 Å². The minimum atomic E-state index is -0.513. The molecule has 1 N–H and O–H groups in total. The van der Waals surface area contributed by atoms with E-state index in [0.717, 1.165) is 6.42 Å². The Morgan fingerprint density at radius 2 is 2.36 bits per heavy atom. The molecule has 0 saturated carbocycles. The van der Waals surface area contributed by atoms with E-state index in [-0.39, 0.29) is 24.4 Å². The van der Waals surface area contributed by atoms with Gasteiger partial charge < -0.3 is 9.84 Å². The topological polar surface area (TPSA) is 46.5 Å². The monoisotopic (exact) mass is 158 g/mol. The van der Waals surface area contributed by atoms with Gasteiger partial charge in [-0.05, 0) is 6.42 Å². The van der Waals surface area contributed by atoms with Gasteiger partial charge in [0, 0.05) is 5.92 Å². The third-order valence-corrected chi connectivity index (χ3v) is 2.25. The van der Waals surface area contributed by atoms with E-state index < -0.39 is 6.10 Å². The Kier molecular flexibility index (Phi) is 2.49. The summed E-state index contributed by atoms with van der Waals surface area (Å²) in [7, 11) is 0. The summed E-state index contributed by atoms with van der Waals surface area (Å²) in [5.74, 6) is -0.194. The van der Waals surface area contributed by atoms with Crippen LogP contribution in [-0.2, 0) is 9.53 Å². The molecule has 0 bridgehead atoms. The zero-order chi connectivity index (χ0) is 8.43. The molecule has 1 aliphatic rings. The maximum atomic E-state index is 10.8. The van der Waals surface area contributed by atoms with Gasteiger partial charge in [0.05, 0.1) is 12.5 Å². The molecule has 3 unspecified atom stereocenters. The molecule has 1 saturated heterocycles. The van der Waals surface area contributed by atoms with Crippen molar-refractivity contribution in [2.75, 3.05) is 0 Å². The molecule has 64 valence electrons. The van der Waals surface area contributed by atoms with Crippen LogP contribution in [0.3, 0.4) is 0 Å². The number of carbonyl (C=O) groups excluding carboxylic acids is 1. The fourth-order valence-electron chi connectivity index (χ4n) is 1.38. The predicted octanol–water partition coefficient (Wildman–Crippen LogP) is 0.709. The van der Waals surface area contributed by atoms with E-state index in [1.54, 1.807) is 0 Å². The second kappa shape index (κ2) is 3.22. The van der Waals surface area contributed by atoms with Gasteiger partial charge in [0.2, 0.25) is 0 Å². The van der Waals surface area contributed by atoms with E-state index in [1.165, 1.54) is 0 Å². The smallest absolute Gasteiger partial charge is 0.308 e. The van der Waals surface area contributed by atoms with Gasteiger partial charge in [0.1, 0.15) is 6.10 Å². The lowest BCUT2D eigenvalue weighted by Crippen LogP contribution is -2.40. The molecular weight excluding hydrogens is 144 g/mol. The molecule has 0 aromatic carbocycles. The molecule has 3 nitrogen and oxygen atoms in total. The number of rotatable bonds is 1. The summed E-state index contributed by atoms with van der Waals surface area (Å²) in [6, 6.07) is 0. The molecule has 1 aliphatic heterocycles. The molecule has 3 atom stereocenters. The Morgan fingerprint density at radius 3 is 2.91 bits per heavy atom. The molecule has 0 aromatic heterocycles. The summed E-state index contributed by atoms with van der Waals surface area (Å²) >= 11 is 0. The van der Waals surface area contributed by atoms with Gasteiger partial charge in [-0.15, -0.1) is 0 Å². The lowest BCUT2D eigenvalue weighted by molar-refractivity contribution is -0.167. The highest BCUT2D eigenvalue weighted by atomic mass is 16.5. The van der Waals surface area contributed by atoms with Gasteiger partial charge in [0.15, 0.2) is 0 Å². The van der Waals surface area contributed by atoms with Gasteiger partial charge >= 0.3 is 5.97 Å². The molecule has 1 rings (SSSR count). The van der Waals surface area contributed by atoms with Gasteiger partial charge in [-0.3, -0.25) is 4.79 Å². The predicted molar refractivity (Wildman–Crippen MR) is 40.0 cm³/mol. The summed E-state index contributed by atoms with van der Waals surface area (Å²) in [6.07, 6.45) is 0.328. The molecule has 0 radical (unpaired) electrons. The van der Waals surface area contributed by atoms with Crippen molar-refractivity contribution in [1.29, 1.82) is 0 Å². The molecule has 0 amide bonds. The minimum absolute atomic E-state index is 0.0812. The Bertz CT molecular complexity index is 155. The molecule has 0 aromatic rings. The summed E-state index contributed by atoms with van der Waals surface area (Å²) in [4.78, 5) is 10.8. The highest BCUT2D eigenvalue weighted by Crippen LogP contribution is 2.23. The quantitative estimate of drug-likeness (QED) is 0.572. The first-order chi connectivity index (χ1) is 5.15. The summed E-state index contributed by atoms with van der Waals surface area (Å²) in [5, 5.41) is 9.35. The Morgan fingerprint density at radius 1 is 1.73 bits per heavy atom. The number of ether oxygens (including phenoxy) is 1. The molecule has 1 heterocycles. The number of cyclic esters (lactones) is 1. The van der Waals surface area contributed by atoms with E-state index in [0.29, 0.717) is 0 Å². The van der Waals surface area contributed by atoms with Gasteiger partial charge in [0.25, 0.3) is 0 Å². The van der Waals surface area contributed by atoms with Crippen molar-refractivity contribution in [2.45, 2.75) is 38.9 Å². The Hall–Kier alpha value is -0.570. The second-order valence-electron chi connectivity index (χ2n) is 3.07. The first-order valence-electron chi connectivity index (χ1n) is 4.02. The third-order valence-electron chi connectivity index (χ3n) is 2.25. The van der Waals surface area contributed by atoms with E-state index in [9.17, 15) is 9.90 Å². The van der Waals surface area contributed by atoms with Crippen molar-refractivity contribution in [3.05, 3.63) is 0 Å². The average molecular weight is 158 g/mol. The normalized spacial score (nSPS) is 38.5. The van der Waals surface area contributed by atoms with Crippen molar-refractivity contribution in [2.24, 2.45) is 5.92 Å². The van der Waals surface area contributed by atoms with Crippen LogP contribution in [0.2, 0.25) is 0 Å². The number of aliphatic hydroxyl groups excluding tert-OH is 1. The minimum Gasteiger partial charge on any atom is -0.462 e. The van der Waals surface area contributed by atoms with E-state index in [2.05, 4.69) is 0 Å². The molecular formula is C8H14O3. The maximum absolute atomic E-state index is 10.8. The lowest BCUT2D eigenvalue weighted by atomic mass is 9.92. The van der Waals surface area contributed by atoms with Crippen LogP contribution >= 0.6 is 0 Å². The number of hydrogen-bond acceptors (Lipinski definition) is 3. The fourth-order valence-corrected chi connectivity index (χ4v) is 1.38. The zero-order valence-corrected chi connectivity index (χ0v) is 6.91. The Labute approximate surface area is 66.4 Å². The van der Waals surface area contributed by atoms with Crippen LogP contribution in [0.15, 0.2) is 0 Å². The van der Waals surface area contributed by atoms with E-state index in [4.69, 9.17) is 4.74 Å². The van der Waals surface area contributed by atoms with Gasteiger partial charge in [-0.1, -0.05) is 13.8 Å². The highest BCUT2D eigenvalue weighted by molar-refractivity contribution is 5.71. The van der Waals surface area contributed by atoms with Crippen LogP contribution in [0.25, 0.3) is 0 Å².